The van der Waals surface area contributed by atoms with E-state index in [1.807, 2.05) is 13.8 Å². The van der Waals surface area contributed by atoms with Crippen LogP contribution in [0.5, 0.6) is 0 Å². The van der Waals surface area contributed by atoms with Gasteiger partial charge < -0.3 is 4.79 Å². The molecule has 0 aliphatic carbocycles. The fourth-order valence-electron chi connectivity index (χ4n) is 1.05. The molecule has 0 aromatic carbocycles. The first kappa shape index (κ1) is 11.1. The van der Waals surface area contributed by atoms with E-state index in [0.29, 0.717) is 6.42 Å². The summed E-state index contributed by atoms with van der Waals surface area (Å²) in [5.74, 6) is -0.496. The summed E-state index contributed by atoms with van der Waals surface area (Å²) in [4.78, 5) is 21.8. The summed E-state index contributed by atoms with van der Waals surface area (Å²) in [5, 5.41) is 0. The molecule has 0 N–H and O–H groups in total. The monoisotopic (exact) mass is 168 g/mol. The van der Waals surface area contributed by atoms with Crippen LogP contribution in [0.25, 0.3) is 0 Å². The molecule has 0 aromatic heterocycles. The standard InChI is InChI=1S/C10H16O2/c1-4-6-10(12)9(7-11)8(3)5-2/h5,7-9H,2,4,6H2,1,3H3. The fraction of sp³-hybridized carbons (Fsp3) is 0.600. The Hall–Kier alpha value is -0.920. The molecule has 0 rings (SSSR count). The van der Waals surface area contributed by atoms with Gasteiger partial charge >= 0.3 is 0 Å². The van der Waals surface area contributed by atoms with Crippen molar-refractivity contribution in [3.05, 3.63) is 12.7 Å². The van der Waals surface area contributed by atoms with Gasteiger partial charge in [-0.15, -0.1) is 6.58 Å². The third kappa shape index (κ3) is 2.99. The minimum atomic E-state index is -0.484. The molecule has 2 heteroatoms. The van der Waals surface area contributed by atoms with Gasteiger partial charge in [-0.1, -0.05) is 19.9 Å². The summed E-state index contributed by atoms with van der Waals surface area (Å²) in [5.41, 5.74) is 0. The summed E-state index contributed by atoms with van der Waals surface area (Å²) in [7, 11) is 0. The van der Waals surface area contributed by atoms with Crippen molar-refractivity contribution >= 4 is 12.1 Å². The van der Waals surface area contributed by atoms with Crippen LogP contribution in [0.2, 0.25) is 0 Å². The van der Waals surface area contributed by atoms with Crippen LogP contribution in [0, 0.1) is 11.8 Å². The average Bonchev–Trinajstić information content (AvgIpc) is 2.06. The zero-order chi connectivity index (χ0) is 9.56. The van der Waals surface area contributed by atoms with Crippen molar-refractivity contribution in [2.45, 2.75) is 26.7 Å². The van der Waals surface area contributed by atoms with Crippen LogP contribution in [0.3, 0.4) is 0 Å². The minimum absolute atomic E-state index is 0.0277. The molecule has 0 amide bonds. The third-order valence-corrected chi connectivity index (χ3v) is 1.95. The molecule has 0 aliphatic heterocycles. The predicted molar refractivity (Wildman–Crippen MR) is 48.8 cm³/mol. The van der Waals surface area contributed by atoms with Crippen molar-refractivity contribution in [1.29, 1.82) is 0 Å². The molecule has 0 saturated heterocycles. The molecule has 0 spiro atoms. The zero-order valence-corrected chi connectivity index (χ0v) is 7.75. The van der Waals surface area contributed by atoms with Crippen LogP contribution in [-0.2, 0) is 9.59 Å². The molecule has 0 fully saturated rings. The van der Waals surface area contributed by atoms with Gasteiger partial charge in [-0.2, -0.15) is 0 Å². The number of allylic oxidation sites excluding steroid dienone is 1. The van der Waals surface area contributed by atoms with Crippen LogP contribution >= 0.6 is 0 Å². The molecule has 68 valence electrons. The maximum absolute atomic E-state index is 11.3. The highest BCUT2D eigenvalue weighted by atomic mass is 16.1. The largest absolute Gasteiger partial charge is 0.303 e. The molecular formula is C10H16O2. The van der Waals surface area contributed by atoms with E-state index in [-0.39, 0.29) is 11.7 Å². The lowest BCUT2D eigenvalue weighted by atomic mass is 9.89. The minimum Gasteiger partial charge on any atom is -0.303 e. The van der Waals surface area contributed by atoms with E-state index in [2.05, 4.69) is 6.58 Å². The van der Waals surface area contributed by atoms with E-state index in [0.717, 1.165) is 12.7 Å². The van der Waals surface area contributed by atoms with Gasteiger partial charge in [0.25, 0.3) is 0 Å². The quantitative estimate of drug-likeness (QED) is 0.345. The Morgan fingerprint density at radius 2 is 2.17 bits per heavy atom. The first-order valence-electron chi connectivity index (χ1n) is 4.27. The van der Waals surface area contributed by atoms with Crippen molar-refractivity contribution in [2.24, 2.45) is 11.8 Å². The number of carbonyl (C=O) groups excluding carboxylic acids is 2. The topological polar surface area (TPSA) is 34.1 Å². The van der Waals surface area contributed by atoms with Crippen molar-refractivity contribution in [1.82, 2.24) is 0 Å². The first-order chi connectivity index (χ1) is 5.67. The summed E-state index contributed by atoms with van der Waals surface area (Å²) in [6, 6.07) is 0. The van der Waals surface area contributed by atoms with E-state index in [1.165, 1.54) is 0 Å². The highest BCUT2D eigenvalue weighted by Crippen LogP contribution is 2.13. The Morgan fingerprint density at radius 3 is 2.50 bits per heavy atom. The summed E-state index contributed by atoms with van der Waals surface area (Å²) >= 11 is 0. The van der Waals surface area contributed by atoms with Crippen LogP contribution < -0.4 is 0 Å². The first-order valence-corrected chi connectivity index (χ1v) is 4.27. The molecule has 0 aromatic rings. The molecular weight excluding hydrogens is 152 g/mol. The van der Waals surface area contributed by atoms with Gasteiger partial charge in [0.05, 0.1) is 5.92 Å². The van der Waals surface area contributed by atoms with Crippen LogP contribution in [0.4, 0.5) is 0 Å². The van der Waals surface area contributed by atoms with E-state index in [4.69, 9.17) is 0 Å². The highest BCUT2D eigenvalue weighted by molar-refractivity contribution is 5.93. The van der Waals surface area contributed by atoms with Crippen LogP contribution in [0.1, 0.15) is 26.7 Å². The van der Waals surface area contributed by atoms with E-state index in [1.54, 1.807) is 6.08 Å². The number of carbonyl (C=O) groups is 2. The number of aldehydes is 1. The fourth-order valence-corrected chi connectivity index (χ4v) is 1.05. The molecule has 2 nitrogen and oxygen atoms in total. The van der Waals surface area contributed by atoms with Crippen molar-refractivity contribution in [3.63, 3.8) is 0 Å². The average molecular weight is 168 g/mol. The molecule has 2 unspecified atom stereocenters. The molecule has 0 radical (unpaired) electrons. The predicted octanol–water partition coefficient (Wildman–Crippen LogP) is 1.99. The lowest BCUT2D eigenvalue weighted by Crippen LogP contribution is -2.21. The Labute approximate surface area is 73.7 Å². The Bertz CT molecular complexity index is 173. The van der Waals surface area contributed by atoms with E-state index in [9.17, 15) is 9.59 Å². The van der Waals surface area contributed by atoms with Crippen LogP contribution in [-0.4, -0.2) is 12.1 Å². The maximum atomic E-state index is 11.3. The molecule has 0 aliphatic rings. The Kier molecular flexibility index (Phi) is 5.26. The number of ketones is 1. The van der Waals surface area contributed by atoms with Gasteiger partial charge in [-0.25, -0.2) is 0 Å². The van der Waals surface area contributed by atoms with E-state index >= 15 is 0 Å². The zero-order valence-electron chi connectivity index (χ0n) is 7.75. The smallest absolute Gasteiger partial charge is 0.143 e. The van der Waals surface area contributed by atoms with Crippen molar-refractivity contribution in [3.8, 4) is 0 Å². The van der Waals surface area contributed by atoms with Crippen molar-refractivity contribution < 1.29 is 9.59 Å². The van der Waals surface area contributed by atoms with E-state index < -0.39 is 5.92 Å². The van der Waals surface area contributed by atoms with Gasteiger partial charge in [0.15, 0.2) is 0 Å². The molecule has 0 saturated carbocycles. The van der Waals surface area contributed by atoms with Gasteiger partial charge in [0.2, 0.25) is 0 Å². The second-order valence-corrected chi connectivity index (χ2v) is 2.97. The Balaban J connectivity index is 4.22. The lowest BCUT2D eigenvalue weighted by molar-refractivity contribution is -0.128. The highest BCUT2D eigenvalue weighted by Gasteiger charge is 2.20. The SMILES string of the molecule is C=CC(C)C(C=O)C(=O)CCC. The maximum Gasteiger partial charge on any atom is 0.143 e. The molecule has 0 heterocycles. The van der Waals surface area contributed by atoms with Gasteiger partial charge in [0, 0.05) is 6.42 Å². The van der Waals surface area contributed by atoms with Crippen LogP contribution in [0.15, 0.2) is 12.7 Å². The number of hydrogen-bond acceptors (Lipinski definition) is 2. The number of rotatable bonds is 6. The molecule has 12 heavy (non-hydrogen) atoms. The van der Waals surface area contributed by atoms with Gasteiger partial charge in [-0.05, 0) is 12.3 Å². The number of Topliss-reactive ketones (excluding diaryl/α,β-unsaturated/α-hetero) is 1. The normalized spacial score (nSPS) is 14.8. The lowest BCUT2D eigenvalue weighted by Gasteiger charge is -2.12. The summed E-state index contributed by atoms with van der Waals surface area (Å²) in [6.45, 7) is 7.32. The molecule has 0 bridgehead atoms. The molecule has 2 atom stereocenters. The van der Waals surface area contributed by atoms with Gasteiger partial charge in [-0.3, -0.25) is 4.79 Å². The second kappa shape index (κ2) is 5.70. The van der Waals surface area contributed by atoms with Crippen molar-refractivity contribution in [2.75, 3.05) is 0 Å². The van der Waals surface area contributed by atoms with Gasteiger partial charge in [0.1, 0.15) is 12.1 Å². The summed E-state index contributed by atoms with van der Waals surface area (Å²) < 4.78 is 0. The Morgan fingerprint density at radius 1 is 1.58 bits per heavy atom. The third-order valence-electron chi connectivity index (χ3n) is 1.95. The summed E-state index contributed by atoms with van der Waals surface area (Å²) in [6.07, 6.45) is 3.66. The second-order valence-electron chi connectivity index (χ2n) is 2.97. The number of hydrogen-bond donors (Lipinski definition) is 0.